The third-order valence-electron chi connectivity index (χ3n) is 2.20. The maximum Gasteiger partial charge on any atom is 0.336 e. The van der Waals surface area contributed by atoms with Gasteiger partial charge in [-0.25, -0.2) is 4.68 Å². The second-order valence-electron chi connectivity index (χ2n) is 3.67. The molecule has 1 aromatic heterocycles. The average Bonchev–Trinajstić information content (AvgIpc) is 2.17. The van der Waals surface area contributed by atoms with Gasteiger partial charge >= 0.3 is 6.01 Å². The molecule has 2 N–H and O–H groups in total. The highest BCUT2D eigenvalue weighted by Crippen LogP contribution is 2.07. The fourth-order valence-electron chi connectivity index (χ4n) is 1.47. The van der Waals surface area contributed by atoms with E-state index in [1.165, 1.54) is 0 Å². The number of aryl methyl sites for hydroxylation is 1. The first-order valence-electron chi connectivity index (χ1n) is 5.38. The van der Waals surface area contributed by atoms with Gasteiger partial charge in [0.15, 0.2) is 11.3 Å². The van der Waals surface area contributed by atoms with Crippen molar-refractivity contribution in [1.29, 1.82) is 0 Å². The number of ether oxygens (including phenoxy) is 1. The van der Waals surface area contributed by atoms with Crippen LogP contribution in [0.1, 0.15) is 26.7 Å². The van der Waals surface area contributed by atoms with Crippen molar-refractivity contribution in [3.05, 3.63) is 5.49 Å². The smallest absolute Gasteiger partial charge is 0.336 e. The fourth-order valence-corrected chi connectivity index (χ4v) is 1.47. The van der Waals surface area contributed by atoms with E-state index in [0.29, 0.717) is 17.3 Å². The van der Waals surface area contributed by atoms with Crippen molar-refractivity contribution in [3.63, 3.8) is 0 Å². The van der Waals surface area contributed by atoms with Crippen LogP contribution in [0.15, 0.2) is 4.99 Å². The molecular formula is C10H19N5O. The molecule has 1 heterocycles. The summed E-state index contributed by atoms with van der Waals surface area (Å²) in [5.41, 5.74) is 6.29. The Hall–Kier alpha value is -1.59. The van der Waals surface area contributed by atoms with Crippen LogP contribution >= 0.6 is 0 Å². The lowest BCUT2D eigenvalue weighted by Crippen LogP contribution is -2.27. The van der Waals surface area contributed by atoms with E-state index >= 15 is 0 Å². The maximum atomic E-state index is 5.74. The Morgan fingerprint density at radius 1 is 1.56 bits per heavy atom. The molecule has 6 heteroatoms. The summed E-state index contributed by atoms with van der Waals surface area (Å²) in [4.78, 5) is 8.04. The quantitative estimate of drug-likeness (QED) is 0.809. The Balaban J connectivity index is 2.92. The number of aromatic nitrogens is 3. The van der Waals surface area contributed by atoms with E-state index in [4.69, 9.17) is 10.5 Å². The van der Waals surface area contributed by atoms with Gasteiger partial charge in [-0.2, -0.15) is 4.98 Å². The molecule has 0 amide bonds. The molecule has 0 aliphatic rings. The van der Waals surface area contributed by atoms with Crippen LogP contribution in [0, 0.1) is 0 Å². The SMILES string of the molecule is CCC[C@H](C)Oc1nc(N)/c(=N/C)n(C)n1. The van der Waals surface area contributed by atoms with Gasteiger partial charge in [0.25, 0.3) is 0 Å². The summed E-state index contributed by atoms with van der Waals surface area (Å²) in [6.07, 6.45) is 2.12. The third-order valence-corrected chi connectivity index (χ3v) is 2.20. The Labute approximate surface area is 95.2 Å². The molecule has 0 aromatic carbocycles. The second-order valence-corrected chi connectivity index (χ2v) is 3.67. The summed E-state index contributed by atoms with van der Waals surface area (Å²) in [5, 5.41) is 4.14. The predicted molar refractivity (Wildman–Crippen MR) is 61.9 cm³/mol. The van der Waals surface area contributed by atoms with E-state index in [2.05, 4.69) is 22.0 Å². The average molecular weight is 225 g/mol. The number of anilines is 1. The summed E-state index contributed by atoms with van der Waals surface area (Å²) in [7, 11) is 3.41. The predicted octanol–water partition coefficient (Wildman–Crippen LogP) is 0.495. The van der Waals surface area contributed by atoms with Gasteiger partial charge in [0.05, 0.1) is 6.10 Å². The Bertz CT molecular complexity index is 386. The van der Waals surface area contributed by atoms with E-state index < -0.39 is 0 Å². The van der Waals surface area contributed by atoms with E-state index in [1.54, 1.807) is 18.8 Å². The van der Waals surface area contributed by atoms with Crippen LogP contribution in [0.3, 0.4) is 0 Å². The maximum absolute atomic E-state index is 5.74. The van der Waals surface area contributed by atoms with Gasteiger partial charge in [0, 0.05) is 14.1 Å². The zero-order chi connectivity index (χ0) is 12.1. The normalized spacial score (nSPS) is 13.9. The molecule has 0 spiro atoms. The highest BCUT2D eigenvalue weighted by molar-refractivity contribution is 5.23. The van der Waals surface area contributed by atoms with Gasteiger partial charge in [0.1, 0.15) is 0 Å². The number of rotatable bonds is 4. The summed E-state index contributed by atoms with van der Waals surface area (Å²) >= 11 is 0. The molecule has 1 rings (SSSR count). The molecule has 16 heavy (non-hydrogen) atoms. The van der Waals surface area contributed by atoms with Gasteiger partial charge in [-0.1, -0.05) is 13.3 Å². The standard InChI is InChI=1S/C10H19N5O/c1-5-6-7(2)16-10-13-8(11)9(12-3)15(4)14-10/h7H,5-6H2,1-4H3,(H2,11,13,14)/b12-9-/t7-/m0/s1. The van der Waals surface area contributed by atoms with Crippen molar-refractivity contribution in [2.45, 2.75) is 32.8 Å². The van der Waals surface area contributed by atoms with Gasteiger partial charge in [0.2, 0.25) is 0 Å². The van der Waals surface area contributed by atoms with Crippen molar-refractivity contribution in [2.75, 3.05) is 12.8 Å². The summed E-state index contributed by atoms with van der Waals surface area (Å²) < 4.78 is 7.12. The number of hydrogen-bond acceptors (Lipinski definition) is 5. The number of hydrogen-bond donors (Lipinski definition) is 1. The topological polar surface area (TPSA) is 78.3 Å². The lowest BCUT2D eigenvalue weighted by Gasteiger charge is -2.12. The number of nitrogens with two attached hydrogens (primary N) is 1. The Morgan fingerprint density at radius 3 is 2.75 bits per heavy atom. The van der Waals surface area contributed by atoms with Crippen LogP contribution in [0.5, 0.6) is 6.01 Å². The Kier molecular flexibility index (Phi) is 4.28. The highest BCUT2D eigenvalue weighted by Gasteiger charge is 2.08. The first-order valence-corrected chi connectivity index (χ1v) is 5.38. The zero-order valence-electron chi connectivity index (χ0n) is 10.3. The van der Waals surface area contributed by atoms with Crippen molar-refractivity contribution in [1.82, 2.24) is 14.8 Å². The van der Waals surface area contributed by atoms with Crippen LogP contribution in [0.4, 0.5) is 5.82 Å². The molecule has 0 fully saturated rings. The summed E-state index contributed by atoms with van der Waals surface area (Å²) in [6, 6.07) is 0.299. The molecule has 0 unspecified atom stereocenters. The van der Waals surface area contributed by atoms with Gasteiger partial charge in [-0.05, 0) is 13.3 Å². The fraction of sp³-hybridized carbons (Fsp3) is 0.700. The van der Waals surface area contributed by atoms with Crippen LogP contribution in [0.25, 0.3) is 0 Å². The molecule has 0 aliphatic heterocycles. The Morgan fingerprint density at radius 2 is 2.25 bits per heavy atom. The monoisotopic (exact) mass is 225 g/mol. The van der Waals surface area contributed by atoms with Crippen LogP contribution < -0.4 is 16.0 Å². The lowest BCUT2D eigenvalue weighted by atomic mass is 10.2. The van der Waals surface area contributed by atoms with E-state index in [0.717, 1.165) is 12.8 Å². The van der Waals surface area contributed by atoms with Crippen LogP contribution in [0.2, 0.25) is 0 Å². The van der Waals surface area contributed by atoms with Crippen LogP contribution in [-0.4, -0.2) is 27.9 Å². The van der Waals surface area contributed by atoms with Crippen LogP contribution in [-0.2, 0) is 7.05 Å². The molecule has 0 bridgehead atoms. The van der Waals surface area contributed by atoms with Crippen molar-refractivity contribution in [2.24, 2.45) is 12.0 Å². The minimum atomic E-state index is 0.0915. The van der Waals surface area contributed by atoms with E-state index in [1.807, 2.05) is 6.92 Å². The van der Waals surface area contributed by atoms with Crippen molar-refractivity contribution >= 4 is 5.82 Å². The largest absolute Gasteiger partial charge is 0.459 e. The molecule has 0 saturated carbocycles. The highest BCUT2D eigenvalue weighted by atomic mass is 16.5. The molecule has 6 nitrogen and oxygen atoms in total. The first-order chi connectivity index (χ1) is 7.58. The van der Waals surface area contributed by atoms with Gasteiger partial charge < -0.3 is 10.5 Å². The molecule has 0 aliphatic carbocycles. The molecule has 0 radical (unpaired) electrons. The molecule has 1 atom stereocenters. The van der Waals surface area contributed by atoms with Crippen molar-refractivity contribution < 1.29 is 4.74 Å². The molecule has 90 valence electrons. The van der Waals surface area contributed by atoms with E-state index in [-0.39, 0.29) is 6.10 Å². The van der Waals surface area contributed by atoms with Crippen molar-refractivity contribution in [3.8, 4) is 6.01 Å². The molecule has 1 aromatic rings. The van der Waals surface area contributed by atoms with Gasteiger partial charge in [-0.15, -0.1) is 5.10 Å². The minimum absolute atomic E-state index is 0.0915. The third kappa shape index (κ3) is 2.95. The summed E-state index contributed by atoms with van der Waals surface area (Å²) in [6.45, 7) is 4.09. The summed E-state index contributed by atoms with van der Waals surface area (Å²) in [5.74, 6) is 0.332. The van der Waals surface area contributed by atoms with Gasteiger partial charge in [-0.3, -0.25) is 4.99 Å². The van der Waals surface area contributed by atoms with E-state index in [9.17, 15) is 0 Å². The number of nitrogens with zero attached hydrogens (tertiary/aromatic N) is 4. The molecular weight excluding hydrogens is 206 g/mol. The lowest BCUT2D eigenvalue weighted by molar-refractivity contribution is 0.187. The second kappa shape index (κ2) is 5.48. The minimum Gasteiger partial charge on any atom is -0.459 e. The zero-order valence-corrected chi connectivity index (χ0v) is 10.3. The number of nitrogen functional groups attached to an aromatic ring is 1. The first kappa shape index (κ1) is 12.5. The molecule has 0 saturated heterocycles.